The fraction of sp³-hybridized carbons (Fsp3) is 0.158. The fourth-order valence-electron chi connectivity index (χ4n) is 2.63. The highest BCUT2D eigenvalue weighted by atomic mass is 79.9. The van der Waals surface area contributed by atoms with Crippen LogP contribution < -0.4 is 19.9 Å². The number of amides is 2. The van der Waals surface area contributed by atoms with Gasteiger partial charge in [-0.3, -0.25) is 15.0 Å². The molecule has 1 aliphatic rings. The van der Waals surface area contributed by atoms with Gasteiger partial charge in [-0.05, 0) is 52.7 Å². The van der Waals surface area contributed by atoms with Gasteiger partial charge in [0.1, 0.15) is 10.6 Å². The highest BCUT2D eigenvalue weighted by Crippen LogP contribution is 2.43. The van der Waals surface area contributed by atoms with Crippen molar-refractivity contribution in [2.75, 3.05) is 18.7 Å². The monoisotopic (exact) mass is 450 g/mol. The third kappa shape index (κ3) is 3.65. The molecule has 0 unspecified atom stereocenters. The summed E-state index contributed by atoms with van der Waals surface area (Å²) in [5.74, 6) is -0.157. The number of hydrogen-bond acceptors (Lipinski definition) is 4. The molecule has 1 saturated heterocycles. The summed E-state index contributed by atoms with van der Waals surface area (Å²) in [6.45, 7) is 2.24. The molecule has 2 amide bonds. The van der Waals surface area contributed by atoms with E-state index < -0.39 is 11.8 Å². The Morgan fingerprint density at radius 1 is 1.26 bits per heavy atom. The number of ether oxygens (including phenoxy) is 2. The molecule has 0 aliphatic carbocycles. The van der Waals surface area contributed by atoms with Crippen LogP contribution >= 0.6 is 27.5 Å². The Bertz CT molecular complexity index is 931. The minimum absolute atomic E-state index is 0.0109. The third-order valence-electron chi connectivity index (χ3n) is 3.87. The van der Waals surface area contributed by atoms with Crippen LogP contribution in [0.5, 0.6) is 11.5 Å². The van der Waals surface area contributed by atoms with E-state index in [1.54, 1.807) is 30.3 Å². The summed E-state index contributed by atoms with van der Waals surface area (Å²) < 4.78 is 11.3. The molecule has 2 aromatic rings. The van der Waals surface area contributed by atoms with Gasteiger partial charge in [-0.2, -0.15) is 0 Å². The summed E-state index contributed by atoms with van der Waals surface area (Å²) in [5.41, 5.74) is 3.64. The zero-order chi connectivity index (χ0) is 19.6. The van der Waals surface area contributed by atoms with Gasteiger partial charge in [0, 0.05) is 4.47 Å². The Labute approximate surface area is 169 Å². The van der Waals surface area contributed by atoms with Crippen molar-refractivity contribution >= 4 is 51.1 Å². The van der Waals surface area contributed by atoms with Gasteiger partial charge in [0.05, 0.1) is 19.4 Å². The number of benzene rings is 2. The zero-order valence-corrected chi connectivity index (χ0v) is 16.9. The lowest BCUT2D eigenvalue weighted by Gasteiger charge is -2.14. The third-order valence-corrected chi connectivity index (χ3v) is 5.31. The Morgan fingerprint density at radius 2 is 1.96 bits per heavy atom. The minimum Gasteiger partial charge on any atom is -0.491 e. The first-order chi connectivity index (χ1) is 13.0. The molecule has 140 valence electrons. The lowest BCUT2D eigenvalue weighted by atomic mass is 10.1. The molecular weight excluding hydrogens is 436 g/mol. The molecule has 8 heteroatoms. The Morgan fingerprint density at radius 3 is 2.59 bits per heavy atom. The van der Waals surface area contributed by atoms with Crippen molar-refractivity contribution in [2.45, 2.75) is 6.92 Å². The van der Waals surface area contributed by atoms with E-state index in [4.69, 9.17) is 21.1 Å². The summed E-state index contributed by atoms with van der Waals surface area (Å²) in [4.78, 5) is 25.1. The van der Waals surface area contributed by atoms with Crippen molar-refractivity contribution < 1.29 is 19.1 Å². The maximum atomic E-state index is 12.7. The summed E-state index contributed by atoms with van der Waals surface area (Å²) in [6.07, 6.45) is 1.47. The quantitative estimate of drug-likeness (QED) is 0.552. The van der Waals surface area contributed by atoms with Crippen LogP contribution in [0.4, 0.5) is 5.69 Å². The molecule has 0 bridgehead atoms. The summed E-state index contributed by atoms with van der Waals surface area (Å²) in [7, 11) is 1.49. The van der Waals surface area contributed by atoms with Gasteiger partial charge >= 0.3 is 0 Å². The number of nitrogens with zero attached hydrogens (tertiary/aromatic N) is 1. The Balaban J connectivity index is 2.04. The van der Waals surface area contributed by atoms with Gasteiger partial charge in [0.2, 0.25) is 0 Å². The zero-order valence-electron chi connectivity index (χ0n) is 14.6. The molecule has 6 nitrogen and oxygen atoms in total. The number of nitrogens with one attached hydrogen (secondary N) is 1. The topological polar surface area (TPSA) is 67.9 Å². The Kier molecular flexibility index (Phi) is 5.72. The molecule has 0 spiro atoms. The number of hydrazine groups is 1. The number of halogens is 2. The van der Waals surface area contributed by atoms with Crippen LogP contribution in [0.1, 0.15) is 12.5 Å². The first-order valence-corrected chi connectivity index (χ1v) is 9.26. The van der Waals surface area contributed by atoms with E-state index in [9.17, 15) is 9.59 Å². The molecular formula is C19H16BrClN2O4. The molecule has 0 aromatic heterocycles. The maximum Gasteiger partial charge on any atom is 0.282 e. The average molecular weight is 452 g/mol. The lowest BCUT2D eigenvalue weighted by molar-refractivity contribution is -0.117. The number of para-hydroxylation sites is 1. The van der Waals surface area contributed by atoms with E-state index in [0.29, 0.717) is 38.9 Å². The number of carbonyl (C=O) groups is 2. The van der Waals surface area contributed by atoms with Gasteiger partial charge in [-0.1, -0.05) is 29.8 Å². The van der Waals surface area contributed by atoms with Gasteiger partial charge in [0.25, 0.3) is 11.8 Å². The Hall–Kier alpha value is -2.51. The van der Waals surface area contributed by atoms with Crippen LogP contribution in [0.3, 0.4) is 0 Å². The second kappa shape index (κ2) is 8.02. The predicted molar refractivity (Wildman–Crippen MR) is 107 cm³/mol. The van der Waals surface area contributed by atoms with Crippen molar-refractivity contribution in [3.05, 3.63) is 57.0 Å². The van der Waals surface area contributed by atoms with Crippen LogP contribution in [-0.4, -0.2) is 25.5 Å². The predicted octanol–water partition coefficient (Wildman–Crippen LogP) is 3.97. The van der Waals surface area contributed by atoms with E-state index in [-0.39, 0.29) is 5.57 Å². The number of anilines is 1. The number of rotatable bonds is 5. The van der Waals surface area contributed by atoms with Gasteiger partial charge in [-0.15, -0.1) is 0 Å². The molecule has 2 aromatic carbocycles. The van der Waals surface area contributed by atoms with Gasteiger partial charge < -0.3 is 9.47 Å². The average Bonchev–Trinajstić information content (AvgIpc) is 2.95. The minimum atomic E-state index is -0.499. The van der Waals surface area contributed by atoms with Gasteiger partial charge in [-0.25, -0.2) is 5.01 Å². The summed E-state index contributed by atoms with van der Waals surface area (Å²) >= 11 is 9.74. The standard InChI is InChI=1S/C19H16BrClN2O4/c1-3-27-14-10-11(15(20)16(21)17(14)26-2)9-13-18(24)22-23(19(13)25)12-7-5-4-6-8-12/h4-10H,3H2,1-2H3,(H,22,24)/b13-9-. The van der Waals surface area contributed by atoms with E-state index in [1.165, 1.54) is 18.2 Å². The molecule has 1 N–H and O–H groups in total. The van der Waals surface area contributed by atoms with Crippen LogP contribution in [0, 0.1) is 0 Å². The number of methoxy groups -OCH3 is 1. The SMILES string of the molecule is CCOc1cc(/C=C2/C(=O)NN(c3ccccc3)C2=O)c(Br)c(Cl)c1OC. The van der Waals surface area contributed by atoms with E-state index in [2.05, 4.69) is 21.4 Å². The molecule has 0 atom stereocenters. The normalized spacial score (nSPS) is 15.3. The number of hydrogen-bond donors (Lipinski definition) is 1. The van der Waals surface area contributed by atoms with Crippen molar-refractivity contribution in [2.24, 2.45) is 0 Å². The molecule has 0 saturated carbocycles. The second-order valence-corrected chi connectivity index (χ2v) is 6.70. The summed E-state index contributed by atoms with van der Waals surface area (Å²) in [6, 6.07) is 10.5. The molecule has 27 heavy (non-hydrogen) atoms. The van der Waals surface area contributed by atoms with Crippen molar-refractivity contribution in [1.29, 1.82) is 0 Å². The highest BCUT2D eigenvalue weighted by Gasteiger charge is 2.34. The second-order valence-electron chi connectivity index (χ2n) is 5.53. The van der Waals surface area contributed by atoms with Crippen molar-refractivity contribution in [1.82, 2.24) is 5.43 Å². The van der Waals surface area contributed by atoms with E-state index >= 15 is 0 Å². The molecule has 0 radical (unpaired) electrons. The van der Waals surface area contributed by atoms with Crippen molar-refractivity contribution in [3.63, 3.8) is 0 Å². The molecule has 1 fully saturated rings. The number of carbonyl (C=O) groups excluding carboxylic acids is 2. The molecule has 1 heterocycles. The fourth-order valence-corrected chi connectivity index (χ4v) is 3.32. The van der Waals surface area contributed by atoms with E-state index in [0.717, 1.165) is 0 Å². The van der Waals surface area contributed by atoms with Crippen LogP contribution in [0.15, 0.2) is 46.4 Å². The van der Waals surface area contributed by atoms with E-state index in [1.807, 2.05) is 13.0 Å². The molecule has 3 rings (SSSR count). The smallest absolute Gasteiger partial charge is 0.282 e. The first-order valence-electron chi connectivity index (χ1n) is 8.08. The maximum absolute atomic E-state index is 12.7. The summed E-state index contributed by atoms with van der Waals surface area (Å²) in [5, 5.41) is 1.50. The largest absolute Gasteiger partial charge is 0.491 e. The van der Waals surface area contributed by atoms with Crippen LogP contribution in [0.25, 0.3) is 6.08 Å². The van der Waals surface area contributed by atoms with Gasteiger partial charge in [0.15, 0.2) is 11.5 Å². The lowest BCUT2D eigenvalue weighted by Crippen LogP contribution is -2.35. The highest BCUT2D eigenvalue weighted by molar-refractivity contribution is 9.10. The van der Waals surface area contributed by atoms with Crippen LogP contribution in [0.2, 0.25) is 5.02 Å². The first kappa shape index (κ1) is 19.3. The molecule has 1 aliphatic heterocycles. The van der Waals surface area contributed by atoms with Crippen LogP contribution in [-0.2, 0) is 9.59 Å². The van der Waals surface area contributed by atoms with Crippen molar-refractivity contribution in [3.8, 4) is 11.5 Å².